The average molecular weight is 301 g/mol. The fourth-order valence-electron chi connectivity index (χ4n) is 2.03. The second-order valence-corrected chi connectivity index (χ2v) is 5.25. The van der Waals surface area contributed by atoms with E-state index in [2.05, 4.69) is 15.4 Å². The Kier molecular flexibility index (Phi) is 3.35. The number of aryl methyl sites for hydroxylation is 2. The van der Waals surface area contributed by atoms with Crippen molar-refractivity contribution >= 4 is 28.8 Å². The number of rotatable bonds is 2. The van der Waals surface area contributed by atoms with Crippen LogP contribution in [0.2, 0.25) is 5.02 Å². The van der Waals surface area contributed by atoms with Gasteiger partial charge in [0.1, 0.15) is 5.69 Å². The Morgan fingerprint density at radius 2 is 2.05 bits per heavy atom. The second kappa shape index (κ2) is 5.18. The van der Waals surface area contributed by atoms with E-state index in [1.807, 2.05) is 19.9 Å². The van der Waals surface area contributed by atoms with Crippen LogP contribution >= 0.6 is 11.6 Å². The first kappa shape index (κ1) is 13.6. The SMILES string of the molecule is Cc1ccc(NC(=O)c2ccc3nc(C)cn3n2)c(Cl)c1. The molecule has 21 heavy (non-hydrogen) atoms. The number of nitrogens with zero attached hydrogens (tertiary/aromatic N) is 3. The highest BCUT2D eigenvalue weighted by Gasteiger charge is 2.11. The van der Waals surface area contributed by atoms with Gasteiger partial charge < -0.3 is 5.32 Å². The van der Waals surface area contributed by atoms with Gasteiger partial charge in [0.05, 0.1) is 22.6 Å². The maximum atomic E-state index is 12.2. The van der Waals surface area contributed by atoms with Crippen molar-refractivity contribution in [1.29, 1.82) is 0 Å². The van der Waals surface area contributed by atoms with Crippen molar-refractivity contribution in [2.24, 2.45) is 0 Å². The number of hydrogen-bond acceptors (Lipinski definition) is 3. The molecule has 0 aliphatic rings. The van der Waals surface area contributed by atoms with Gasteiger partial charge in [-0.05, 0) is 43.7 Å². The van der Waals surface area contributed by atoms with Crippen LogP contribution < -0.4 is 5.32 Å². The zero-order valence-corrected chi connectivity index (χ0v) is 12.3. The zero-order chi connectivity index (χ0) is 15.0. The molecule has 1 N–H and O–H groups in total. The predicted octanol–water partition coefficient (Wildman–Crippen LogP) is 3.25. The van der Waals surface area contributed by atoms with E-state index in [0.717, 1.165) is 11.3 Å². The number of halogens is 1. The molecule has 1 amide bonds. The molecule has 2 aromatic heterocycles. The molecule has 0 saturated heterocycles. The van der Waals surface area contributed by atoms with Gasteiger partial charge in [-0.3, -0.25) is 4.79 Å². The molecule has 0 bridgehead atoms. The lowest BCUT2D eigenvalue weighted by Gasteiger charge is -2.07. The van der Waals surface area contributed by atoms with Crippen LogP contribution in [0.5, 0.6) is 0 Å². The molecule has 6 heteroatoms. The van der Waals surface area contributed by atoms with Gasteiger partial charge in [-0.25, -0.2) is 9.50 Å². The molecule has 0 saturated carbocycles. The number of fused-ring (bicyclic) bond motifs is 1. The molecule has 0 radical (unpaired) electrons. The van der Waals surface area contributed by atoms with Crippen LogP contribution in [0.25, 0.3) is 5.65 Å². The predicted molar refractivity (Wildman–Crippen MR) is 81.9 cm³/mol. The average Bonchev–Trinajstić information content (AvgIpc) is 2.80. The number of imidazole rings is 1. The highest BCUT2D eigenvalue weighted by molar-refractivity contribution is 6.34. The number of amides is 1. The van der Waals surface area contributed by atoms with Gasteiger partial charge in [0.25, 0.3) is 5.91 Å². The minimum atomic E-state index is -0.311. The van der Waals surface area contributed by atoms with Crippen LogP contribution in [0.1, 0.15) is 21.7 Å². The van der Waals surface area contributed by atoms with Gasteiger partial charge in [-0.1, -0.05) is 17.7 Å². The van der Waals surface area contributed by atoms with Gasteiger partial charge >= 0.3 is 0 Å². The highest BCUT2D eigenvalue weighted by Crippen LogP contribution is 2.23. The van der Waals surface area contributed by atoms with Gasteiger partial charge in [-0.2, -0.15) is 5.10 Å². The molecule has 0 spiro atoms. The summed E-state index contributed by atoms with van der Waals surface area (Å²) in [7, 11) is 0. The summed E-state index contributed by atoms with van der Waals surface area (Å²) in [5.74, 6) is -0.311. The van der Waals surface area contributed by atoms with Gasteiger partial charge in [0.2, 0.25) is 0 Å². The van der Waals surface area contributed by atoms with Crippen molar-refractivity contribution in [3.8, 4) is 0 Å². The number of aromatic nitrogens is 3. The quantitative estimate of drug-likeness (QED) is 0.790. The van der Waals surface area contributed by atoms with Crippen LogP contribution in [-0.4, -0.2) is 20.5 Å². The Morgan fingerprint density at radius 3 is 2.81 bits per heavy atom. The van der Waals surface area contributed by atoms with E-state index < -0.39 is 0 Å². The maximum absolute atomic E-state index is 12.2. The largest absolute Gasteiger partial charge is 0.319 e. The molecule has 0 fully saturated rings. The van der Waals surface area contributed by atoms with Crippen LogP contribution in [0.15, 0.2) is 36.5 Å². The van der Waals surface area contributed by atoms with Crippen molar-refractivity contribution < 1.29 is 4.79 Å². The van der Waals surface area contributed by atoms with E-state index in [0.29, 0.717) is 22.1 Å². The maximum Gasteiger partial charge on any atom is 0.276 e. The van der Waals surface area contributed by atoms with E-state index in [1.165, 1.54) is 0 Å². The summed E-state index contributed by atoms with van der Waals surface area (Å²) in [5.41, 5.74) is 3.46. The van der Waals surface area contributed by atoms with E-state index in [1.54, 1.807) is 35.0 Å². The molecule has 0 aliphatic heterocycles. The summed E-state index contributed by atoms with van der Waals surface area (Å²) < 4.78 is 1.58. The molecule has 0 aliphatic carbocycles. The van der Waals surface area contributed by atoms with Gasteiger partial charge in [0, 0.05) is 0 Å². The Hall–Kier alpha value is -2.40. The fourth-order valence-corrected chi connectivity index (χ4v) is 2.31. The Balaban J connectivity index is 1.89. The Labute approximate surface area is 126 Å². The van der Waals surface area contributed by atoms with Crippen LogP contribution in [-0.2, 0) is 0 Å². The Morgan fingerprint density at radius 1 is 1.24 bits per heavy atom. The molecule has 1 aromatic carbocycles. The highest BCUT2D eigenvalue weighted by atomic mass is 35.5. The van der Waals surface area contributed by atoms with E-state index in [-0.39, 0.29) is 5.91 Å². The summed E-state index contributed by atoms with van der Waals surface area (Å²) >= 11 is 6.11. The third-order valence-electron chi connectivity index (χ3n) is 3.05. The molecule has 5 nitrogen and oxygen atoms in total. The lowest BCUT2D eigenvalue weighted by atomic mass is 10.2. The summed E-state index contributed by atoms with van der Waals surface area (Å²) in [6.07, 6.45) is 1.77. The number of carbonyl (C=O) groups is 1. The van der Waals surface area contributed by atoms with E-state index in [4.69, 9.17) is 11.6 Å². The van der Waals surface area contributed by atoms with E-state index >= 15 is 0 Å². The first-order chi connectivity index (χ1) is 10.0. The molecular formula is C15H13ClN4O. The van der Waals surface area contributed by atoms with E-state index in [9.17, 15) is 4.79 Å². The van der Waals surface area contributed by atoms with Crippen molar-refractivity contribution in [3.63, 3.8) is 0 Å². The normalized spacial score (nSPS) is 10.8. The number of nitrogens with one attached hydrogen (secondary N) is 1. The van der Waals surface area contributed by atoms with Crippen LogP contribution in [0.4, 0.5) is 5.69 Å². The number of carbonyl (C=O) groups excluding carboxylic acids is 1. The first-order valence-electron chi connectivity index (χ1n) is 6.43. The molecule has 0 atom stereocenters. The topological polar surface area (TPSA) is 59.3 Å². The molecule has 3 aromatic rings. The lowest BCUT2D eigenvalue weighted by Crippen LogP contribution is -2.15. The van der Waals surface area contributed by atoms with Crippen molar-refractivity contribution in [2.75, 3.05) is 5.32 Å². The molecule has 106 valence electrons. The first-order valence-corrected chi connectivity index (χ1v) is 6.81. The third-order valence-corrected chi connectivity index (χ3v) is 3.36. The van der Waals surface area contributed by atoms with Crippen molar-refractivity contribution in [3.05, 3.63) is 58.5 Å². The second-order valence-electron chi connectivity index (χ2n) is 4.84. The standard InChI is InChI=1S/C15H13ClN4O/c1-9-3-4-12(11(16)7-9)18-15(21)13-5-6-14-17-10(2)8-20(14)19-13/h3-8H,1-2H3,(H,18,21). The zero-order valence-electron chi connectivity index (χ0n) is 11.6. The molecule has 2 heterocycles. The summed E-state index contributed by atoms with van der Waals surface area (Å²) in [6, 6.07) is 8.85. The number of anilines is 1. The minimum absolute atomic E-state index is 0.302. The van der Waals surface area contributed by atoms with Gasteiger partial charge in [-0.15, -0.1) is 0 Å². The van der Waals surface area contributed by atoms with Crippen molar-refractivity contribution in [2.45, 2.75) is 13.8 Å². The fraction of sp³-hybridized carbons (Fsp3) is 0.133. The third kappa shape index (κ3) is 2.73. The minimum Gasteiger partial charge on any atom is -0.319 e. The van der Waals surface area contributed by atoms with Crippen LogP contribution in [0, 0.1) is 13.8 Å². The monoisotopic (exact) mass is 300 g/mol. The molecular weight excluding hydrogens is 288 g/mol. The number of benzene rings is 1. The number of hydrogen-bond donors (Lipinski definition) is 1. The van der Waals surface area contributed by atoms with Crippen LogP contribution in [0.3, 0.4) is 0 Å². The summed E-state index contributed by atoms with van der Waals surface area (Å²) in [5, 5.41) is 7.50. The lowest BCUT2D eigenvalue weighted by molar-refractivity contribution is 0.102. The van der Waals surface area contributed by atoms with Crippen molar-refractivity contribution in [1.82, 2.24) is 14.6 Å². The molecule has 0 unspecified atom stereocenters. The smallest absolute Gasteiger partial charge is 0.276 e. The summed E-state index contributed by atoms with van der Waals surface area (Å²) in [4.78, 5) is 16.5. The molecule has 3 rings (SSSR count). The summed E-state index contributed by atoms with van der Waals surface area (Å²) in [6.45, 7) is 3.81. The van der Waals surface area contributed by atoms with Gasteiger partial charge in [0.15, 0.2) is 5.65 Å². The Bertz CT molecular complexity index is 841.